The van der Waals surface area contributed by atoms with Crippen molar-refractivity contribution in [3.05, 3.63) is 53.3 Å². The number of rotatable bonds is 3. The van der Waals surface area contributed by atoms with Crippen LogP contribution in [0.3, 0.4) is 0 Å². The van der Waals surface area contributed by atoms with Crippen LogP contribution < -0.4 is 0 Å². The Morgan fingerprint density at radius 1 is 1.16 bits per heavy atom. The Kier molecular flexibility index (Phi) is 4.88. The molecule has 6 nitrogen and oxygen atoms in total. The van der Waals surface area contributed by atoms with Crippen molar-refractivity contribution in [3.63, 3.8) is 0 Å². The molecule has 6 heteroatoms. The van der Waals surface area contributed by atoms with Crippen molar-refractivity contribution in [2.24, 2.45) is 0 Å². The van der Waals surface area contributed by atoms with E-state index in [0.717, 1.165) is 17.0 Å². The van der Waals surface area contributed by atoms with Crippen LogP contribution in [0.4, 0.5) is 0 Å². The van der Waals surface area contributed by atoms with E-state index in [1.54, 1.807) is 11.6 Å². The molecule has 0 radical (unpaired) electrons. The number of benzene rings is 1. The number of carbonyl (C=O) groups is 2. The van der Waals surface area contributed by atoms with Crippen LogP contribution in [0.1, 0.15) is 29.9 Å². The molecule has 0 saturated carbocycles. The first-order valence-corrected chi connectivity index (χ1v) is 8.56. The maximum absolute atomic E-state index is 12.7. The first-order chi connectivity index (χ1) is 12.0. The molecule has 1 aromatic carbocycles. The zero-order valence-corrected chi connectivity index (χ0v) is 15.0. The lowest BCUT2D eigenvalue weighted by atomic mass is 10.0. The predicted molar refractivity (Wildman–Crippen MR) is 94.9 cm³/mol. The van der Waals surface area contributed by atoms with E-state index in [1.807, 2.05) is 60.0 Å². The molecule has 1 atom stereocenters. The number of aromatic nitrogens is 2. The van der Waals surface area contributed by atoms with Crippen molar-refractivity contribution in [1.82, 2.24) is 19.6 Å². The van der Waals surface area contributed by atoms with E-state index in [2.05, 4.69) is 5.10 Å². The predicted octanol–water partition coefficient (Wildman–Crippen LogP) is 1.93. The van der Waals surface area contributed by atoms with Gasteiger partial charge in [0.1, 0.15) is 6.54 Å². The molecule has 3 rings (SSSR count). The van der Waals surface area contributed by atoms with Crippen LogP contribution in [-0.4, -0.2) is 51.0 Å². The Morgan fingerprint density at radius 3 is 2.48 bits per heavy atom. The number of carbonyl (C=O) groups excluding carboxylic acids is 2. The van der Waals surface area contributed by atoms with Crippen molar-refractivity contribution in [3.8, 4) is 0 Å². The summed E-state index contributed by atoms with van der Waals surface area (Å²) < 4.78 is 1.74. The second-order valence-corrected chi connectivity index (χ2v) is 6.56. The average molecular weight is 340 g/mol. The normalized spacial score (nSPS) is 17.6. The third-order valence-corrected chi connectivity index (χ3v) is 4.71. The van der Waals surface area contributed by atoms with E-state index >= 15 is 0 Å². The molecule has 0 aliphatic carbocycles. The lowest BCUT2D eigenvalue weighted by Crippen LogP contribution is -2.52. The van der Waals surface area contributed by atoms with Crippen LogP contribution >= 0.6 is 0 Å². The highest BCUT2D eigenvalue weighted by Gasteiger charge is 2.32. The molecule has 2 amide bonds. The summed E-state index contributed by atoms with van der Waals surface area (Å²) in [5.41, 5.74) is 2.95. The van der Waals surface area contributed by atoms with E-state index in [0.29, 0.717) is 19.6 Å². The first kappa shape index (κ1) is 17.2. The van der Waals surface area contributed by atoms with Crippen LogP contribution in [0.5, 0.6) is 0 Å². The maximum atomic E-state index is 12.7. The molecule has 1 saturated heterocycles. The standard InChI is InChI=1S/C19H24N4O2/c1-14-11-15(2)23(20-14)13-19(25)21-9-10-22(16(3)24)18(12-21)17-7-5-4-6-8-17/h4-8,11,18H,9-10,12-13H2,1-3H3/t18-/m0/s1. The molecule has 2 heterocycles. The summed E-state index contributed by atoms with van der Waals surface area (Å²) in [4.78, 5) is 28.4. The maximum Gasteiger partial charge on any atom is 0.244 e. The molecule has 0 bridgehead atoms. The van der Waals surface area contributed by atoms with Crippen LogP contribution in [0.15, 0.2) is 36.4 Å². The van der Waals surface area contributed by atoms with Crippen LogP contribution in [0, 0.1) is 13.8 Å². The van der Waals surface area contributed by atoms with Gasteiger partial charge in [-0.25, -0.2) is 0 Å². The monoisotopic (exact) mass is 340 g/mol. The van der Waals surface area contributed by atoms with Gasteiger partial charge < -0.3 is 9.80 Å². The van der Waals surface area contributed by atoms with Crippen molar-refractivity contribution in [2.45, 2.75) is 33.4 Å². The number of nitrogens with zero attached hydrogens (tertiary/aromatic N) is 4. The lowest BCUT2D eigenvalue weighted by molar-refractivity contribution is -0.142. The molecular weight excluding hydrogens is 316 g/mol. The second kappa shape index (κ2) is 7.09. The van der Waals surface area contributed by atoms with Gasteiger partial charge in [0.2, 0.25) is 11.8 Å². The number of hydrogen-bond donors (Lipinski definition) is 0. The molecule has 0 unspecified atom stereocenters. The SMILES string of the molecule is CC(=O)N1CCN(C(=O)Cn2nc(C)cc2C)C[C@H]1c1ccccc1. The van der Waals surface area contributed by atoms with Crippen molar-refractivity contribution in [1.29, 1.82) is 0 Å². The average Bonchev–Trinajstić information content (AvgIpc) is 2.92. The van der Waals surface area contributed by atoms with E-state index in [4.69, 9.17) is 0 Å². The summed E-state index contributed by atoms with van der Waals surface area (Å²) >= 11 is 0. The Balaban J connectivity index is 1.76. The van der Waals surface area contributed by atoms with Crippen molar-refractivity contribution >= 4 is 11.8 Å². The second-order valence-electron chi connectivity index (χ2n) is 6.56. The van der Waals surface area contributed by atoms with Gasteiger partial charge in [0.05, 0.1) is 11.7 Å². The fourth-order valence-corrected chi connectivity index (χ4v) is 3.41. The largest absolute Gasteiger partial charge is 0.337 e. The summed E-state index contributed by atoms with van der Waals surface area (Å²) in [6.07, 6.45) is 0. The van der Waals surface area contributed by atoms with Gasteiger partial charge in [0.15, 0.2) is 0 Å². The first-order valence-electron chi connectivity index (χ1n) is 8.56. The zero-order chi connectivity index (χ0) is 18.0. The van der Waals surface area contributed by atoms with Gasteiger partial charge >= 0.3 is 0 Å². The highest BCUT2D eigenvalue weighted by Crippen LogP contribution is 2.25. The van der Waals surface area contributed by atoms with Gasteiger partial charge in [-0.3, -0.25) is 14.3 Å². The van der Waals surface area contributed by atoms with Gasteiger partial charge in [-0.2, -0.15) is 5.10 Å². The minimum atomic E-state index is -0.100. The topological polar surface area (TPSA) is 58.4 Å². The summed E-state index contributed by atoms with van der Waals surface area (Å²) in [6, 6.07) is 11.8. The Labute approximate surface area is 148 Å². The molecule has 0 spiro atoms. The van der Waals surface area contributed by atoms with Crippen LogP contribution in [0.25, 0.3) is 0 Å². The minimum absolute atomic E-state index is 0.0373. The molecular formula is C19H24N4O2. The van der Waals surface area contributed by atoms with E-state index in [9.17, 15) is 9.59 Å². The Morgan fingerprint density at radius 2 is 1.88 bits per heavy atom. The van der Waals surface area contributed by atoms with Gasteiger partial charge in [0.25, 0.3) is 0 Å². The van der Waals surface area contributed by atoms with E-state index in [1.165, 1.54) is 0 Å². The number of aryl methyl sites for hydroxylation is 2. The van der Waals surface area contributed by atoms with Crippen molar-refractivity contribution < 1.29 is 9.59 Å². The summed E-state index contributed by atoms with van der Waals surface area (Å²) in [5, 5.41) is 4.37. The molecule has 2 aromatic rings. The smallest absolute Gasteiger partial charge is 0.244 e. The van der Waals surface area contributed by atoms with Crippen LogP contribution in [0.2, 0.25) is 0 Å². The van der Waals surface area contributed by atoms with Gasteiger partial charge in [0, 0.05) is 32.3 Å². The molecule has 1 aliphatic rings. The highest BCUT2D eigenvalue weighted by molar-refractivity contribution is 5.77. The Hall–Kier alpha value is -2.63. The van der Waals surface area contributed by atoms with Gasteiger partial charge in [-0.05, 0) is 25.5 Å². The fourth-order valence-electron chi connectivity index (χ4n) is 3.41. The molecule has 0 N–H and O–H groups in total. The number of hydrogen-bond acceptors (Lipinski definition) is 3. The van der Waals surface area contributed by atoms with E-state index in [-0.39, 0.29) is 24.4 Å². The highest BCUT2D eigenvalue weighted by atomic mass is 16.2. The van der Waals surface area contributed by atoms with E-state index < -0.39 is 0 Å². The zero-order valence-electron chi connectivity index (χ0n) is 15.0. The lowest BCUT2D eigenvalue weighted by Gasteiger charge is -2.41. The number of amides is 2. The molecule has 1 aliphatic heterocycles. The van der Waals surface area contributed by atoms with Crippen LogP contribution in [-0.2, 0) is 16.1 Å². The number of piperazine rings is 1. The summed E-state index contributed by atoms with van der Waals surface area (Å²) in [7, 11) is 0. The molecule has 1 aromatic heterocycles. The summed E-state index contributed by atoms with van der Waals surface area (Å²) in [5.74, 6) is 0.0785. The van der Waals surface area contributed by atoms with Gasteiger partial charge in [-0.15, -0.1) is 0 Å². The Bertz CT molecular complexity index is 769. The third-order valence-electron chi connectivity index (χ3n) is 4.71. The molecule has 132 valence electrons. The molecule has 1 fully saturated rings. The summed E-state index contributed by atoms with van der Waals surface area (Å²) in [6.45, 7) is 7.32. The quantitative estimate of drug-likeness (QED) is 0.858. The van der Waals surface area contributed by atoms with Crippen molar-refractivity contribution in [2.75, 3.05) is 19.6 Å². The van der Waals surface area contributed by atoms with Gasteiger partial charge in [-0.1, -0.05) is 30.3 Å². The third kappa shape index (κ3) is 3.73. The fraction of sp³-hybridized carbons (Fsp3) is 0.421. The minimum Gasteiger partial charge on any atom is -0.337 e. The molecule has 25 heavy (non-hydrogen) atoms.